The molecule has 0 aliphatic carbocycles. The van der Waals surface area contributed by atoms with E-state index in [0.29, 0.717) is 33.0 Å². The van der Waals surface area contributed by atoms with Gasteiger partial charge >= 0.3 is 0 Å². The van der Waals surface area contributed by atoms with Crippen molar-refractivity contribution in [2.45, 2.75) is 6.54 Å². The van der Waals surface area contributed by atoms with E-state index < -0.39 is 0 Å². The van der Waals surface area contributed by atoms with Crippen molar-refractivity contribution in [1.82, 2.24) is 0 Å². The summed E-state index contributed by atoms with van der Waals surface area (Å²) in [5, 5.41) is 0. The molecule has 1 rings (SSSR count). The molecule has 0 radical (unpaired) electrons. The number of rotatable bonds is 9. The summed E-state index contributed by atoms with van der Waals surface area (Å²) in [6.45, 7) is 2.59. The van der Waals surface area contributed by atoms with Gasteiger partial charge in [0.15, 0.2) is 0 Å². The van der Waals surface area contributed by atoms with Crippen molar-refractivity contribution in [2.75, 3.05) is 40.6 Å². The summed E-state index contributed by atoms with van der Waals surface area (Å²) in [6, 6.07) is 5.60. The molecule has 1 aromatic carbocycles. The van der Waals surface area contributed by atoms with Crippen molar-refractivity contribution in [2.24, 2.45) is 5.73 Å². The molecule has 0 heterocycles. The van der Waals surface area contributed by atoms with Crippen LogP contribution in [-0.4, -0.2) is 40.6 Å². The molecule has 0 aliphatic rings. The minimum Gasteiger partial charge on any atom is -0.497 e. The predicted molar refractivity (Wildman–Crippen MR) is 69.1 cm³/mol. The molecule has 0 saturated carbocycles. The molecule has 0 bridgehead atoms. The number of hydrogen-bond acceptors (Lipinski definition) is 5. The van der Waals surface area contributed by atoms with Crippen molar-refractivity contribution in [3.05, 3.63) is 23.8 Å². The van der Waals surface area contributed by atoms with Crippen LogP contribution < -0.4 is 15.2 Å². The SMILES string of the molecule is COCCOCCOc1cc(OC)ccc1CN. The Balaban J connectivity index is 2.39. The lowest BCUT2D eigenvalue weighted by Gasteiger charge is -2.12. The van der Waals surface area contributed by atoms with Crippen molar-refractivity contribution >= 4 is 0 Å². The Bertz CT molecular complexity index is 344. The van der Waals surface area contributed by atoms with Crippen molar-refractivity contribution < 1.29 is 18.9 Å². The van der Waals surface area contributed by atoms with E-state index in [0.717, 1.165) is 17.1 Å². The first-order valence-electron chi connectivity index (χ1n) is 5.88. The summed E-state index contributed by atoms with van der Waals surface area (Å²) in [7, 11) is 3.26. The quantitative estimate of drug-likeness (QED) is 0.672. The van der Waals surface area contributed by atoms with Crippen molar-refractivity contribution in [3.8, 4) is 11.5 Å². The highest BCUT2D eigenvalue weighted by atomic mass is 16.5. The Morgan fingerprint density at radius 3 is 2.50 bits per heavy atom. The number of nitrogens with two attached hydrogens (primary N) is 1. The van der Waals surface area contributed by atoms with Gasteiger partial charge in [-0.15, -0.1) is 0 Å². The first-order valence-corrected chi connectivity index (χ1v) is 5.88. The highest BCUT2D eigenvalue weighted by Gasteiger charge is 2.04. The van der Waals surface area contributed by atoms with Gasteiger partial charge in [-0.2, -0.15) is 0 Å². The van der Waals surface area contributed by atoms with Gasteiger partial charge in [0.05, 0.1) is 26.9 Å². The molecule has 0 saturated heterocycles. The van der Waals surface area contributed by atoms with Crippen LogP contribution in [0.25, 0.3) is 0 Å². The maximum Gasteiger partial charge on any atom is 0.127 e. The van der Waals surface area contributed by atoms with E-state index in [-0.39, 0.29) is 0 Å². The van der Waals surface area contributed by atoms with Crippen molar-refractivity contribution in [3.63, 3.8) is 0 Å². The normalized spacial score (nSPS) is 10.4. The summed E-state index contributed by atoms with van der Waals surface area (Å²) in [5.74, 6) is 1.50. The molecule has 5 heteroatoms. The minimum absolute atomic E-state index is 0.434. The lowest BCUT2D eigenvalue weighted by Crippen LogP contribution is -2.11. The smallest absolute Gasteiger partial charge is 0.127 e. The van der Waals surface area contributed by atoms with Crippen LogP contribution in [0.1, 0.15) is 5.56 Å². The third-order valence-corrected chi connectivity index (χ3v) is 2.41. The second-order valence-corrected chi connectivity index (χ2v) is 3.63. The lowest BCUT2D eigenvalue weighted by atomic mass is 10.2. The Hall–Kier alpha value is -1.30. The molecule has 102 valence electrons. The molecule has 5 nitrogen and oxygen atoms in total. The zero-order chi connectivity index (χ0) is 13.2. The molecule has 2 N–H and O–H groups in total. The van der Waals surface area contributed by atoms with Gasteiger partial charge in [0, 0.05) is 25.3 Å². The first kappa shape index (κ1) is 14.8. The molecule has 0 fully saturated rings. The van der Waals surface area contributed by atoms with Gasteiger partial charge in [-0.1, -0.05) is 6.07 Å². The fraction of sp³-hybridized carbons (Fsp3) is 0.538. The minimum atomic E-state index is 0.434. The van der Waals surface area contributed by atoms with Crippen LogP contribution in [-0.2, 0) is 16.0 Å². The zero-order valence-electron chi connectivity index (χ0n) is 11.0. The zero-order valence-corrected chi connectivity index (χ0v) is 11.0. The third kappa shape index (κ3) is 4.91. The summed E-state index contributed by atoms with van der Waals surface area (Å²) in [4.78, 5) is 0. The van der Waals surface area contributed by atoms with E-state index in [1.165, 1.54) is 0 Å². The fourth-order valence-corrected chi connectivity index (χ4v) is 1.42. The highest BCUT2D eigenvalue weighted by Crippen LogP contribution is 2.24. The van der Waals surface area contributed by atoms with E-state index in [4.69, 9.17) is 24.7 Å². The summed E-state index contributed by atoms with van der Waals surface area (Å²) >= 11 is 0. The van der Waals surface area contributed by atoms with E-state index in [2.05, 4.69) is 0 Å². The number of benzene rings is 1. The van der Waals surface area contributed by atoms with E-state index in [1.807, 2.05) is 18.2 Å². The van der Waals surface area contributed by atoms with Crippen LogP contribution in [0.5, 0.6) is 11.5 Å². The maximum absolute atomic E-state index is 5.64. The Kier molecular flexibility index (Phi) is 7.17. The number of ether oxygens (including phenoxy) is 4. The molecule has 18 heavy (non-hydrogen) atoms. The molecular weight excluding hydrogens is 234 g/mol. The van der Waals surface area contributed by atoms with E-state index in [1.54, 1.807) is 14.2 Å². The molecule has 0 unspecified atom stereocenters. The van der Waals surface area contributed by atoms with Crippen LogP contribution in [0.15, 0.2) is 18.2 Å². The average Bonchev–Trinajstić information content (AvgIpc) is 2.42. The van der Waals surface area contributed by atoms with Gasteiger partial charge in [-0.3, -0.25) is 0 Å². The van der Waals surface area contributed by atoms with Crippen LogP contribution in [0.3, 0.4) is 0 Å². The van der Waals surface area contributed by atoms with Gasteiger partial charge in [-0.25, -0.2) is 0 Å². The topological polar surface area (TPSA) is 62.9 Å². The highest BCUT2D eigenvalue weighted by molar-refractivity contribution is 5.40. The Morgan fingerprint density at radius 2 is 1.83 bits per heavy atom. The molecule has 0 spiro atoms. The monoisotopic (exact) mass is 255 g/mol. The lowest BCUT2D eigenvalue weighted by molar-refractivity contribution is 0.0542. The Morgan fingerprint density at radius 1 is 1.06 bits per heavy atom. The average molecular weight is 255 g/mol. The van der Waals surface area contributed by atoms with Crippen molar-refractivity contribution in [1.29, 1.82) is 0 Å². The van der Waals surface area contributed by atoms with Gasteiger partial charge < -0.3 is 24.7 Å². The number of hydrogen-bond donors (Lipinski definition) is 1. The van der Waals surface area contributed by atoms with E-state index >= 15 is 0 Å². The molecular formula is C13H21NO4. The van der Waals surface area contributed by atoms with Gasteiger partial charge in [0.1, 0.15) is 18.1 Å². The largest absolute Gasteiger partial charge is 0.497 e. The molecule has 0 atom stereocenters. The second-order valence-electron chi connectivity index (χ2n) is 3.63. The van der Waals surface area contributed by atoms with Gasteiger partial charge in [-0.05, 0) is 6.07 Å². The summed E-state index contributed by atoms with van der Waals surface area (Å²) in [5.41, 5.74) is 6.60. The molecule has 0 amide bonds. The summed E-state index contributed by atoms with van der Waals surface area (Å²) in [6.07, 6.45) is 0. The maximum atomic E-state index is 5.64. The predicted octanol–water partition coefficient (Wildman–Crippen LogP) is 1.20. The van der Waals surface area contributed by atoms with Crippen LogP contribution in [0, 0.1) is 0 Å². The first-order chi connectivity index (χ1) is 8.81. The molecule has 0 aliphatic heterocycles. The van der Waals surface area contributed by atoms with Gasteiger partial charge in [0.2, 0.25) is 0 Å². The second kappa shape index (κ2) is 8.74. The molecule has 1 aromatic rings. The fourth-order valence-electron chi connectivity index (χ4n) is 1.42. The summed E-state index contributed by atoms with van der Waals surface area (Å²) < 4.78 is 21.0. The standard InChI is InChI=1S/C13H21NO4/c1-15-5-6-17-7-8-18-13-9-12(16-2)4-3-11(13)10-14/h3-4,9H,5-8,10,14H2,1-2H3. The van der Waals surface area contributed by atoms with Crippen LogP contribution in [0.4, 0.5) is 0 Å². The van der Waals surface area contributed by atoms with Crippen LogP contribution >= 0.6 is 0 Å². The molecule has 0 aromatic heterocycles. The number of methoxy groups -OCH3 is 2. The third-order valence-electron chi connectivity index (χ3n) is 2.41. The van der Waals surface area contributed by atoms with Crippen LogP contribution in [0.2, 0.25) is 0 Å². The van der Waals surface area contributed by atoms with E-state index in [9.17, 15) is 0 Å². The Labute approximate surface area is 108 Å². The van der Waals surface area contributed by atoms with Gasteiger partial charge in [0.25, 0.3) is 0 Å².